The Balaban J connectivity index is 2.09. The maximum Gasteiger partial charge on any atom is 0.330 e. The molecule has 0 aliphatic carbocycles. The summed E-state index contributed by atoms with van der Waals surface area (Å²) in [6, 6.07) is 4.55. The zero-order chi connectivity index (χ0) is 18.4. The van der Waals surface area contributed by atoms with Crippen LogP contribution in [0, 0.1) is 0 Å². The van der Waals surface area contributed by atoms with Crippen molar-refractivity contribution in [3.63, 3.8) is 0 Å². The third-order valence-corrected chi connectivity index (χ3v) is 5.97. The highest BCUT2D eigenvalue weighted by Crippen LogP contribution is 2.38. The van der Waals surface area contributed by atoms with Crippen LogP contribution in [0.4, 0.5) is 16.3 Å². The van der Waals surface area contributed by atoms with Gasteiger partial charge in [-0.3, -0.25) is 9.80 Å². The second kappa shape index (κ2) is 6.44. The van der Waals surface area contributed by atoms with Gasteiger partial charge in [-0.05, 0) is 12.1 Å². The van der Waals surface area contributed by atoms with Gasteiger partial charge in [-0.2, -0.15) is 0 Å². The number of sulfone groups is 1. The Morgan fingerprint density at radius 1 is 1.24 bits per heavy atom. The molecule has 1 aromatic heterocycles. The molecule has 0 spiro atoms. The predicted molar refractivity (Wildman–Crippen MR) is 96.2 cm³/mol. The lowest BCUT2D eigenvalue weighted by atomic mass is 10.2. The van der Waals surface area contributed by atoms with Gasteiger partial charge in [0.2, 0.25) is 15.0 Å². The number of urea groups is 1. The quantitative estimate of drug-likeness (QED) is 0.738. The summed E-state index contributed by atoms with van der Waals surface area (Å²) in [6.07, 6.45) is 1.41. The lowest BCUT2D eigenvalue weighted by Gasteiger charge is -2.34. The number of para-hydroxylation sites is 1. The molecule has 1 aliphatic rings. The second-order valence-corrected chi connectivity index (χ2v) is 8.39. The third-order valence-electron chi connectivity index (χ3n) is 3.85. The number of aromatic nitrogens is 2. The van der Waals surface area contributed by atoms with Crippen LogP contribution in [-0.2, 0) is 16.4 Å². The lowest BCUT2D eigenvalue weighted by Crippen LogP contribution is -2.46. The minimum Gasteiger partial charge on any atom is -0.286 e. The van der Waals surface area contributed by atoms with E-state index in [2.05, 4.69) is 9.97 Å². The normalized spacial score (nSPS) is 14.6. The Labute approximate surface area is 155 Å². The Morgan fingerprint density at radius 3 is 2.48 bits per heavy atom. The minimum atomic E-state index is -3.57. The predicted octanol–water partition coefficient (Wildman–Crippen LogP) is 3.15. The van der Waals surface area contributed by atoms with Crippen molar-refractivity contribution in [3.05, 3.63) is 40.0 Å². The monoisotopic (exact) mass is 400 g/mol. The maximum absolute atomic E-state index is 12.7. The standard InChI is InChI=1S/C15H14Cl2N4O3S/c1-3-25(23,24)14-18-7-9-8-21(15(22)20(2)13(9)19-14)12-10(16)5-4-6-11(12)17/h4-7H,3,8H2,1-2H3. The molecule has 0 N–H and O–H groups in total. The SMILES string of the molecule is CCS(=O)(=O)c1ncc2c(n1)N(C)C(=O)N(c1c(Cl)cccc1Cl)C2. The molecular weight excluding hydrogens is 387 g/mol. The van der Waals surface area contributed by atoms with Crippen LogP contribution < -0.4 is 9.80 Å². The Hall–Kier alpha value is -1.90. The van der Waals surface area contributed by atoms with Crippen LogP contribution in [0.3, 0.4) is 0 Å². The van der Waals surface area contributed by atoms with E-state index in [-0.39, 0.29) is 23.3 Å². The molecule has 3 rings (SSSR count). The van der Waals surface area contributed by atoms with E-state index in [0.717, 1.165) is 0 Å². The summed E-state index contributed by atoms with van der Waals surface area (Å²) in [6.45, 7) is 1.64. The van der Waals surface area contributed by atoms with Crippen LogP contribution >= 0.6 is 23.2 Å². The number of anilines is 2. The summed E-state index contributed by atoms with van der Waals surface area (Å²) in [7, 11) is -2.06. The fraction of sp³-hybridized carbons (Fsp3) is 0.267. The van der Waals surface area contributed by atoms with Crippen LogP contribution in [0.25, 0.3) is 0 Å². The Morgan fingerprint density at radius 2 is 1.88 bits per heavy atom. The molecule has 7 nitrogen and oxygen atoms in total. The summed E-state index contributed by atoms with van der Waals surface area (Å²) < 4.78 is 24.0. The van der Waals surface area contributed by atoms with Crippen LogP contribution in [0.1, 0.15) is 12.5 Å². The molecule has 2 aromatic rings. The number of amides is 2. The third kappa shape index (κ3) is 3.05. The van der Waals surface area contributed by atoms with E-state index in [0.29, 0.717) is 21.3 Å². The van der Waals surface area contributed by atoms with Crippen molar-refractivity contribution in [3.8, 4) is 0 Å². The largest absolute Gasteiger partial charge is 0.330 e. The number of hydrogen-bond donors (Lipinski definition) is 0. The van der Waals surface area contributed by atoms with Crippen molar-refractivity contribution in [2.24, 2.45) is 0 Å². The first-order valence-electron chi connectivity index (χ1n) is 7.34. The van der Waals surface area contributed by atoms with Crippen LogP contribution in [0.2, 0.25) is 10.0 Å². The summed E-state index contributed by atoms with van der Waals surface area (Å²) in [4.78, 5) is 23.4. The number of hydrogen-bond acceptors (Lipinski definition) is 5. The molecule has 0 bridgehead atoms. The molecular formula is C15H14Cl2N4O3S. The van der Waals surface area contributed by atoms with Gasteiger partial charge in [0.25, 0.3) is 0 Å². The second-order valence-electron chi connectivity index (χ2n) is 5.40. The zero-order valence-corrected chi connectivity index (χ0v) is 15.7. The molecule has 2 heterocycles. The molecule has 1 aromatic carbocycles. The van der Waals surface area contributed by atoms with E-state index < -0.39 is 15.9 Å². The molecule has 0 fully saturated rings. The van der Waals surface area contributed by atoms with Crippen molar-refractivity contribution in [2.75, 3.05) is 22.6 Å². The van der Waals surface area contributed by atoms with E-state index in [1.807, 2.05) is 0 Å². The van der Waals surface area contributed by atoms with Crippen LogP contribution in [0.5, 0.6) is 0 Å². The Kier molecular flexibility index (Phi) is 4.61. The van der Waals surface area contributed by atoms with Crippen molar-refractivity contribution in [2.45, 2.75) is 18.6 Å². The summed E-state index contributed by atoms with van der Waals surface area (Å²) in [5, 5.41) is 0.380. The van der Waals surface area contributed by atoms with Gasteiger partial charge in [0.1, 0.15) is 5.82 Å². The number of benzene rings is 1. The van der Waals surface area contributed by atoms with Gasteiger partial charge in [0, 0.05) is 18.8 Å². The highest BCUT2D eigenvalue weighted by atomic mass is 35.5. The molecule has 2 amide bonds. The molecule has 25 heavy (non-hydrogen) atoms. The van der Waals surface area contributed by atoms with Crippen molar-refractivity contribution in [1.29, 1.82) is 0 Å². The fourth-order valence-electron chi connectivity index (χ4n) is 2.49. The number of fused-ring (bicyclic) bond motifs is 1. The van der Waals surface area contributed by atoms with Gasteiger partial charge in [-0.25, -0.2) is 23.2 Å². The fourth-order valence-corrected chi connectivity index (χ4v) is 3.79. The molecule has 0 saturated heterocycles. The number of halogens is 2. The smallest absolute Gasteiger partial charge is 0.286 e. The molecule has 1 aliphatic heterocycles. The molecule has 10 heteroatoms. The first kappa shape index (κ1) is 17.9. The minimum absolute atomic E-state index is 0.120. The number of carbonyl (C=O) groups is 1. The van der Waals surface area contributed by atoms with E-state index >= 15 is 0 Å². The molecule has 0 saturated carbocycles. The van der Waals surface area contributed by atoms with Gasteiger partial charge in [-0.1, -0.05) is 36.2 Å². The maximum atomic E-state index is 12.7. The van der Waals surface area contributed by atoms with Gasteiger partial charge in [0.05, 0.1) is 28.0 Å². The molecule has 0 radical (unpaired) electrons. The topological polar surface area (TPSA) is 83.5 Å². The lowest BCUT2D eigenvalue weighted by molar-refractivity contribution is 0.251. The average Bonchev–Trinajstić information content (AvgIpc) is 2.58. The van der Waals surface area contributed by atoms with E-state index in [1.165, 1.54) is 30.0 Å². The van der Waals surface area contributed by atoms with Gasteiger partial charge >= 0.3 is 6.03 Å². The molecule has 132 valence electrons. The Bertz CT molecular complexity index is 945. The first-order chi connectivity index (χ1) is 11.8. The average molecular weight is 401 g/mol. The van der Waals surface area contributed by atoms with Crippen molar-refractivity contribution < 1.29 is 13.2 Å². The summed E-state index contributed by atoms with van der Waals surface area (Å²) >= 11 is 12.4. The van der Waals surface area contributed by atoms with Gasteiger partial charge < -0.3 is 0 Å². The van der Waals surface area contributed by atoms with Gasteiger partial charge in [0.15, 0.2) is 0 Å². The van der Waals surface area contributed by atoms with Crippen LogP contribution in [-0.4, -0.2) is 37.2 Å². The van der Waals surface area contributed by atoms with E-state index in [1.54, 1.807) is 18.2 Å². The van der Waals surface area contributed by atoms with Crippen molar-refractivity contribution >= 4 is 50.6 Å². The number of carbonyl (C=O) groups excluding carboxylic acids is 1. The zero-order valence-electron chi connectivity index (χ0n) is 13.4. The molecule has 0 unspecified atom stereocenters. The summed E-state index contributed by atoms with van der Waals surface area (Å²) in [5.41, 5.74) is 0.978. The highest BCUT2D eigenvalue weighted by molar-refractivity contribution is 7.91. The van der Waals surface area contributed by atoms with Crippen LogP contribution in [0.15, 0.2) is 29.6 Å². The van der Waals surface area contributed by atoms with Crippen molar-refractivity contribution in [1.82, 2.24) is 9.97 Å². The number of rotatable bonds is 3. The first-order valence-corrected chi connectivity index (χ1v) is 9.75. The number of nitrogens with zero attached hydrogens (tertiary/aromatic N) is 4. The molecule has 0 atom stereocenters. The summed E-state index contributed by atoms with van der Waals surface area (Å²) in [5.74, 6) is 0.136. The van der Waals surface area contributed by atoms with E-state index in [9.17, 15) is 13.2 Å². The highest BCUT2D eigenvalue weighted by Gasteiger charge is 2.33. The van der Waals surface area contributed by atoms with E-state index in [4.69, 9.17) is 23.2 Å². The van der Waals surface area contributed by atoms with Gasteiger partial charge in [-0.15, -0.1) is 0 Å².